The minimum atomic E-state index is 0.145. The van der Waals surface area contributed by atoms with E-state index in [0.29, 0.717) is 11.3 Å². The summed E-state index contributed by atoms with van der Waals surface area (Å²) >= 11 is 0. The summed E-state index contributed by atoms with van der Waals surface area (Å²) in [7, 11) is 1.57. The molecule has 0 aliphatic carbocycles. The molecule has 20 heavy (non-hydrogen) atoms. The van der Waals surface area contributed by atoms with Crippen LogP contribution < -0.4 is 4.74 Å². The first-order valence-corrected chi connectivity index (χ1v) is 6.70. The molecule has 2 heteroatoms. The van der Waals surface area contributed by atoms with Gasteiger partial charge in [0.1, 0.15) is 5.75 Å². The van der Waals surface area contributed by atoms with Gasteiger partial charge in [0.05, 0.1) is 12.7 Å². The van der Waals surface area contributed by atoms with E-state index in [1.165, 1.54) is 5.56 Å². The van der Waals surface area contributed by atoms with Crippen molar-refractivity contribution in [2.24, 2.45) is 0 Å². The maximum atomic E-state index is 11.1. The first-order valence-electron chi connectivity index (χ1n) is 6.70. The lowest BCUT2D eigenvalue weighted by Crippen LogP contribution is -2.10. The molecule has 0 amide bonds. The summed E-state index contributed by atoms with van der Waals surface area (Å²) in [5, 5.41) is 0. The molecule has 2 aromatic carbocycles. The van der Waals surface area contributed by atoms with Crippen molar-refractivity contribution in [3.8, 4) is 16.9 Å². The van der Waals surface area contributed by atoms with E-state index < -0.39 is 0 Å². The smallest absolute Gasteiger partial charge is 0.153 e. The zero-order valence-electron chi connectivity index (χ0n) is 12.4. The average molecular weight is 268 g/mol. The number of carbonyl (C=O) groups is 1. The number of hydrogen-bond acceptors (Lipinski definition) is 2. The summed E-state index contributed by atoms with van der Waals surface area (Å²) in [6.07, 6.45) is 0.825. The van der Waals surface area contributed by atoms with E-state index in [0.717, 1.165) is 17.4 Å². The van der Waals surface area contributed by atoms with Gasteiger partial charge in [-0.2, -0.15) is 0 Å². The highest BCUT2D eigenvalue weighted by molar-refractivity contribution is 5.83. The van der Waals surface area contributed by atoms with Gasteiger partial charge >= 0.3 is 0 Å². The van der Waals surface area contributed by atoms with Crippen molar-refractivity contribution in [2.45, 2.75) is 26.2 Å². The summed E-state index contributed by atoms with van der Waals surface area (Å²) in [5.74, 6) is 0.607. The lowest BCUT2D eigenvalue weighted by Gasteiger charge is -2.19. The van der Waals surface area contributed by atoms with Gasteiger partial charge in [-0.3, -0.25) is 4.79 Å². The van der Waals surface area contributed by atoms with Gasteiger partial charge in [0.2, 0.25) is 0 Å². The Labute approximate surface area is 120 Å². The molecule has 0 fully saturated rings. The summed E-state index contributed by atoms with van der Waals surface area (Å²) in [6.45, 7) is 6.58. The van der Waals surface area contributed by atoms with Crippen LogP contribution in [0.5, 0.6) is 5.75 Å². The summed E-state index contributed by atoms with van der Waals surface area (Å²) in [4.78, 5) is 11.1. The number of rotatable bonds is 3. The standard InChI is InChI=1S/C18H20O2/c1-18(2,3)16-8-5-13(6-9-16)14-7-10-17(20-4)15(11-14)12-19/h5-12H,1-4H3. The van der Waals surface area contributed by atoms with Crippen LogP contribution in [0.15, 0.2) is 42.5 Å². The van der Waals surface area contributed by atoms with Gasteiger partial charge < -0.3 is 4.74 Å². The largest absolute Gasteiger partial charge is 0.496 e. The average Bonchev–Trinajstić information content (AvgIpc) is 2.45. The van der Waals surface area contributed by atoms with Gasteiger partial charge in [0, 0.05) is 0 Å². The minimum absolute atomic E-state index is 0.145. The third kappa shape index (κ3) is 2.90. The molecule has 2 rings (SSSR count). The Hall–Kier alpha value is -2.09. The van der Waals surface area contributed by atoms with Crippen molar-refractivity contribution in [1.29, 1.82) is 0 Å². The van der Waals surface area contributed by atoms with E-state index in [9.17, 15) is 4.79 Å². The van der Waals surface area contributed by atoms with Gasteiger partial charge in [0.25, 0.3) is 0 Å². The molecule has 0 atom stereocenters. The molecular weight excluding hydrogens is 248 g/mol. The molecule has 0 saturated carbocycles. The van der Waals surface area contributed by atoms with Gasteiger partial charge in [-0.1, -0.05) is 51.1 Å². The Morgan fingerprint density at radius 1 is 0.950 bits per heavy atom. The number of methoxy groups -OCH3 is 1. The monoisotopic (exact) mass is 268 g/mol. The van der Waals surface area contributed by atoms with E-state index in [1.807, 2.05) is 18.2 Å². The molecule has 0 heterocycles. The first-order chi connectivity index (χ1) is 9.45. The maximum absolute atomic E-state index is 11.1. The highest BCUT2D eigenvalue weighted by Crippen LogP contribution is 2.28. The van der Waals surface area contributed by atoms with E-state index in [1.54, 1.807) is 7.11 Å². The Morgan fingerprint density at radius 2 is 1.55 bits per heavy atom. The fraction of sp³-hybridized carbons (Fsp3) is 0.278. The highest BCUT2D eigenvalue weighted by atomic mass is 16.5. The number of benzene rings is 2. The van der Waals surface area contributed by atoms with Crippen molar-refractivity contribution in [3.05, 3.63) is 53.6 Å². The van der Waals surface area contributed by atoms with Crippen LogP contribution in [-0.4, -0.2) is 13.4 Å². The minimum Gasteiger partial charge on any atom is -0.496 e. The Balaban J connectivity index is 2.39. The number of carbonyl (C=O) groups excluding carboxylic acids is 1. The molecule has 0 aliphatic heterocycles. The molecule has 0 spiro atoms. The third-order valence-corrected chi connectivity index (χ3v) is 3.44. The molecule has 0 bridgehead atoms. The van der Waals surface area contributed by atoms with Crippen LogP contribution in [0.3, 0.4) is 0 Å². The number of aldehydes is 1. The number of ether oxygens (including phenoxy) is 1. The molecule has 0 aromatic heterocycles. The predicted octanol–water partition coefficient (Wildman–Crippen LogP) is 4.47. The SMILES string of the molecule is COc1ccc(-c2ccc(C(C)(C)C)cc2)cc1C=O. The maximum Gasteiger partial charge on any atom is 0.153 e. The molecule has 0 saturated heterocycles. The zero-order valence-corrected chi connectivity index (χ0v) is 12.4. The number of hydrogen-bond donors (Lipinski definition) is 0. The normalized spacial score (nSPS) is 11.2. The van der Waals surface area contributed by atoms with Crippen LogP contribution in [-0.2, 0) is 5.41 Å². The molecule has 104 valence electrons. The zero-order chi connectivity index (χ0) is 14.8. The Kier molecular flexibility index (Phi) is 3.93. The lowest BCUT2D eigenvalue weighted by molar-refractivity contribution is 0.112. The van der Waals surface area contributed by atoms with Gasteiger partial charge in [-0.15, -0.1) is 0 Å². The summed E-state index contributed by atoms with van der Waals surface area (Å²) in [6, 6.07) is 14.1. The Morgan fingerprint density at radius 3 is 2.05 bits per heavy atom. The molecule has 2 aromatic rings. The lowest BCUT2D eigenvalue weighted by atomic mass is 9.86. The fourth-order valence-electron chi connectivity index (χ4n) is 2.17. The predicted molar refractivity (Wildman–Crippen MR) is 82.5 cm³/mol. The molecule has 0 aliphatic rings. The first kappa shape index (κ1) is 14.3. The topological polar surface area (TPSA) is 26.3 Å². The van der Waals surface area contributed by atoms with Crippen LogP contribution in [0.25, 0.3) is 11.1 Å². The molecule has 0 N–H and O–H groups in total. The summed E-state index contributed by atoms with van der Waals surface area (Å²) < 4.78 is 5.16. The molecule has 2 nitrogen and oxygen atoms in total. The van der Waals surface area contributed by atoms with Crippen LogP contribution in [0, 0.1) is 0 Å². The van der Waals surface area contributed by atoms with Crippen molar-refractivity contribution >= 4 is 6.29 Å². The van der Waals surface area contributed by atoms with E-state index in [-0.39, 0.29) is 5.41 Å². The second-order valence-electron chi connectivity index (χ2n) is 5.90. The second-order valence-corrected chi connectivity index (χ2v) is 5.90. The van der Waals surface area contributed by atoms with Gasteiger partial charge in [0.15, 0.2) is 6.29 Å². The van der Waals surface area contributed by atoms with Crippen LogP contribution in [0.4, 0.5) is 0 Å². The highest BCUT2D eigenvalue weighted by Gasteiger charge is 2.13. The third-order valence-electron chi connectivity index (χ3n) is 3.44. The van der Waals surface area contributed by atoms with E-state index >= 15 is 0 Å². The molecule has 0 unspecified atom stereocenters. The van der Waals surface area contributed by atoms with Crippen LogP contribution in [0.1, 0.15) is 36.7 Å². The van der Waals surface area contributed by atoms with E-state index in [4.69, 9.17) is 4.74 Å². The fourth-order valence-corrected chi connectivity index (χ4v) is 2.17. The van der Waals surface area contributed by atoms with Crippen molar-refractivity contribution in [2.75, 3.05) is 7.11 Å². The van der Waals surface area contributed by atoms with E-state index in [2.05, 4.69) is 45.0 Å². The second kappa shape index (κ2) is 5.49. The Bertz CT molecular complexity index is 604. The van der Waals surface area contributed by atoms with Crippen LogP contribution in [0.2, 0.25) is 0 Å². The quantitative estimate of drug-likeness (QED) is 0.768. The van der Waals surface area contributed by atoms with Gasteiger partial charge in [-0.05, 0) is 34.2 Å². The van der Waals surface area contributed by atoms with Crippen molar-refractivity contribution in [3.63, 3.8) is 0 Å². The van der Waals surface area contributed by atoms with Gasteiger partial charge in [-0.25, -0.2) is 0 Å². The van der Waals surface area contributed by atoms with Crippen molar-refractivity contribution in [1.82, 2.24) is 0 Å². The molecular formula is C18H20O2. The molecule has 0 radical (unpaired) electrons. The summed E-state index contributed by atoms with van der Waals surface area (Å²) in [5.41, 5.74) is 4.14. The van der Waals surface area contributed by atoms with Crippen molar-refractivity contribution < 1.29 is 9.53 Å². The van der Waals surface area contributed by atoms with Crippen LogP contribution >= 0.6 is 0 Å².